The molecule has 0 saturated carbocycles. The summed E-state index contributed by atoms with van der Waals surface area (Å²) in [5, 5.41) is 87.5. The van der Waals surface area contributed by atoms with Crippen molar-refractivity contribution in [3.8, 4) is 0 Å². The Hall–Kier alpha value is -1.79. The molecule has 14 nitrogen and oxygen atoms in total. The van der Waals surface area contributed by atoms with Gasteiger partial charge in [0.2, 0.25) is 5.91 Å². The third kappa shape index (κ3) is 47.3. The number of allylic oxidation sites excluding steroid dienone is 5. The van der Waals surface area contributed by atoms with Crippen LogP contribution < -0.4 is 5.32 Å². The van der Waals surface area contributed by atoms with Crippen molar-refractivity contribution in [1.29, 1.82) is 0 Å². The van der Waals surface area contributed by atoms with Gasteiger partial charge < -0.3 is 65.1 Å². The van der Waals surface area contributed by atoms with Crippen molar-refractivity contribution in [2.24, 2.45) is 0 Å². The molecule has 2 rings (SSSR count). The van der Waals surface area contributed by atoms with Gasteiger partial charge >= 0.3 is 0 Å². The lowest BCUT2D eigenvalue weighted by Crippen LogP contribution is -2.65. The summed E-state index contributed by atoms with van der Waals surface area (Å²) in [4.78, 5) is 13.3. The molecule has 0 aliphatic carbocycles. The minimum atomic E-state index is -1.79. The third-order valence-corrected chi connectivity index (χ3v) is 19.8. The first-order valence-corrected chi connectivity index (χ1v) is 40.2. The van der Waals surface area contributed by atoms with E-state index in [4.69, 9.17) is 18.9 Å². The van der Waals surface area contributed by atoms with Crippen LogP contribution in [0.5, 0.6) is 0 Å². The number of amides is 1. The second-order valence-electron chi connectivity index (χ2n) is 28.5. The van der Waals surface area contributed by atoms with Crippen molar-refractivity contribution in [2.75, 3.05) is 19.8 Å². The number of hydrogen-bond acceptors (Lipinski definition) is 13. The summed E-state index contributed by atoms with van der Waals surface area (Å²) >= 11 is 0. The number of rotatable bonds is 68. The number of ether oxygens (including phenoxy) is 4. The van der Waals surface area contributed by atoms with Crippen LogP contribution in [0.3, 0.4) is 0 Å². The highest BCUT2D eigenvalue weighted by Gasteiger charge is 2.51. The predicted octanol–water partition coefficient (Wildman–Crippen LogP) is 18.0. The normalized spacial score (nSPS) is 22.6. The van der Waals surface area contributed by atoms with E-state index in [1.807, 2.05) is 6.08 Å². The van der Waals surface area contributed by atoms with Crippen LogP contribution in [0.1, 0.15) is 373 Å². The van der Waals surface area contributed by atoms with Crippen LogP contribution in [-0.4, -0.2) is 140 Å². The summed E-state index contributed by atoms with van der Waals surface area (Å²) in [5.74, 6) is -0.246. The van der Waals surface area contributed by atoms with Gasteiger partial charge in [0.15, 0.2) is 12.6 Å². The molecule has 14 heteroatoms. The van der Waals surface area contributed by atoms with Crippen molar-refractivity contribution >= 4 is 5.91 Å². The molecule has 2 heterocycles. The fraction of sp³-hybridized carbons (Fsp3) is 0.912. The van der Waals surface area contributed by atoms with Crippen LogP contribution in [0.25, 0.3) is 0 Å². The number of nitrogens with one attached hydrogen (secondary N) is 1. The quantitative estimate of drug-likeness (QED) is 0.0204. The number of aliphatic hydroxyl groups is 8. The Balaban J connectivity index is 1.55. The molecule has 2 aliphatic heterocycles. The number of unbranched alkanes of at least 4 members (excludes halogenated alkanes) is 51. The van der Waals surface area contributed by atoms with Gasteiger partial charge in [-0.2, -0.15) is 0 Å². The van der Waals surface area contributed by atoms with E-state index in [0.717, 1.165) is 44.9 Å². The highest BCUT2D eigenvalue weighted by molar-refractivity contribution is 5.76. The fourth-order valence-electron chi connectivity index (χ4n) is 13.4. The van der Waals surface area contributed by atoms with E-state index in [2.05, 4.69) is 43.5 Å². The van der Waals surface area contributed by atoms with Crippen LogP contribution in [0.2, 0.25) is 0 Å². The number of hydrogen-bond donors (Lipinski definition) is 9. The average Bonchev–Trinajstić information content (AvgIpc) is 0.794. The van der Waals surface area contributed by atoms with E-state index >= 15 is 0 Å². The lowest BCUT2D eigenvalue weighted by atomic mass is 9.97. The van der Waals surface area contributed by atoms with E-state index in [1.165, 1.54) is 295 Å². The van der Waals surface area contributed by atoms with Crippen LogP contribution in [-0.2, 0) is 23.7 Å². The van der Waals surface area contributed by atoms with Gasteiger partial charge in [0.05, 0.1) is 32.0 Å². The first-order chi connectivity index (χ1) is 46.1. The first kappa shape index (κ1) is 88.3. The standard InChI is InChI=1S/C80H151NO13/c1-3-5-7-9-11-13-15-17-19-21-23-24-25-26-27-28-29-30-31-32-33-34-35-36-37-38-39-40-41-42-43-44-46-48-50-52-54-56-58-60-62-64-72(85)81-68(69(84)63-61-59-57-55-53-51-49-47-45-22-20-18-16-14-12-10-8-6-4-2)67-91-79-77(90)75(88)78(71(66-83)93-79)94-80-76(89)74(87)73(86)70(65-82)92-80/h45,47,53,55,61,63,68-71,73-80,82-84,86-90H,3-44,46,48-52,54,56-60,62,64-67H2,1-2H3,(H,81,85)/b47-45+,55-53+,63-61+. The summed E-state index contributed by atoms with van der Waals surface area (Å²) in [6.45, 7) is 2.82. The maximum absolute atomic E-state index is 13.3. The second kappa shape index (κ2) is 64.6. The molecule has 0 spiro atoms. The lowest BCUT2D eigenvalue weighted by molar-refractivity contribution is -0.359. The molecule has 0 aromatic carbocycles. The minimum absolute atomic E-state index is 0.246. The highest BCUT2D eigenvalue weighted by Crippen LogP contribution is 2.30. The van der Waals surface area contributed by atoms with E-state index in [1.54, 1.807) is 6.08 Å². The molecular weight excluding hydrogens is 1180 g/mol. The topological polar surface area (TPSA) is 228 Å². The van der Waals surface area contributed by atoms with Gasteiger partial charge in [-0.05, 0) is 44.9 Å². The van der Waals surface area contributed by atoms with Gasteiger partial charge in [0, 0.05) is 6.42 Å². The summed E-state index contributed by atoms with van der Waals surface area (Å²) < 4.78 is 22.9. The van der Waals surface area contributed by atoms with Gasteiger partial charge in [-0.1, -0.05) is 359 Å². The van der Waals surface area contributed by atoms with Crippen molar-refractivity contribution in [1.82, 2.24) is 5.32 Å². The van der Waals surface area contributed by atoms with E-state index in [9.17, 15) is 45.6 Å². The molecular formula is C80H151NO13. The number of carbonyl (C=O) groups is 1. The van der Waals surface area contributed by atoms with Crippen molar-refractivity contribution in [3.05, 3.63) is 36.5 Å². The Morgan fingerprint density at radius 2 is 0.681 bits per heavy atom. The second-order valence-corrected chi connectivity index (χ2v) is 28.5. The van der Waals surface area contributed by atoms with Crippen LogP contribution >= 0.6 is 0 Å². The fourth-order valence-corrected chi connectivity index (χ4v) is 13.4. The molecule has 2 fully saturated rings. The molecule has 2 aliphatic rings. The van der Waals surface area contributed by atoms with Crippen molar-refractivity contribution < 1.29 is 64.6 Å². The van der Waals surface area contributed by atoms with Crippen LogP contribution in [0, 0.1) is 0 Å². The molecule has 0 aromatic rings. The van der Waals surface area contributed by atoms with Gasteiger partial charge in [-0.25, -0.2) is 0 Å². The molecule has 2 saturated heterocycles. The van der Waals surface area contributed by atoms with Gasteiger partial charge in [-0.15, -0.1) is 0 Å². The summed E-state index contributed by atoms with van der Waals surface area (Å²) in [6, 6.07) is -0.937. The third-order valence-electron chi connectivity index (χ3n) is 19.8. The Bertz CT molecular complexity index is 1720. The maximum Gasteiger partial charge on any atom is 0.220 e. The Labute approximate surface area is 576 Å². The molecule has 554 valence electrons. The Kier molecular flexibility index (Phi) is 60.7. The van der Waals surface area contributed by atoms with Crippen LogP contribution in [0.15, 0.2) is 36.5 Å². The SMILES string of the molecule is CCCCCCCCCCC/C=C/CC/C=C/CC/C=C/C(O)C(COC1OC(CO)C(OC2OC(CO)C(O)C(O)C2O)C(O)C1O)NC(=O)CCCCCCCCCCCCCCCCCCCCCCCCCCCCCCCCCCCCCCCCCCC. The van der Waals surface area contributed by atoms with E-state index in [0.29, 0.717) is 12.8 Å². The smallest absolute Gasteiger partial charge is 0.220 e. The molecule has 0 radical (unpaired) electrons. The maximum atomic E-state index is 13.3. The van der Waals surface area contributed by atoms with Gasteiger partial charge in [0.25, 0.3) is 0 Å². The van der Waals surface area contributed by atoms with Crippen molar-refractivity contribution in [3.63, 3.8) is 0 Å². The van der Waals surface area contributed by atoms with E-state index < -0.39 is 86.8 Å². The summed E-state index contributed by atoms with van der Waals surface area (Å²) in [5.41, 5.74) is 0. The zero-order chi connectivity index (χ0) is 68.0. The van der Waals surface area contributed by atoms with Gasteiger partial charge in [0.1, 0.15) is 48.8 Å². The monoisotopic (exact) mass is 1330 g/mol. The van der Waals surface area contributed by atoms with Crippen molar-refractivity contribution in [2.45, 2.75) is 447 Å². The Morgan fingerprint density at radius 3 is 1.04 bits per heavy atom. The van der Waals surface area contributed by atoms with Crippen LogP contribution in [0.4, 0.5) is 0 Å². The molecule has 12 unspecified atom stereocenters. The summed E-state index contributed by atoms with van der Waals surface area (Å²) in [7, 11) is 0. The average molecular weight is 1340 g/mol. The molecule has 1 amide bonds. The predicted molar refractivity (Wildman–Crippen MR) is 388 cm³/mol. The van der Waals surface area contributed by atoms with Gasteiger partial charge in [-0.3, -0.25) is 4.79 Å². The summed E-state index contributed by atoms with van der Waals surface area (Å²) in [6.07, 6.45) is 68.3. The number of aliphatic hydroxyl groups excluding tert-OH is 8. The first-order valence-electron chi connectivity index (χ1n) is 40.2. The molecule has 12 atom stereocenters. The zero-order valence-corrected chi connectivity index (χ0v) is 60.7. The molecule has 0 aromatic heterocycles. The Morgan fingerprint density at radius 1 is 0.372 bits per heavy atom. The molecule has 9 N–H and O–H groups in total. The lowest BCUT2D eigenvalue weighted by Gasteiger charge is -2.46. The largest absolute Gasteiger partial charge is 0.394 e. The molecule has 94 heavy (non-hydrogen) atoms. The van der Waals surface area contributed by atoms with E-state index in [-0.39, 0.29) is 18.9 Å². The highest BCUT2D eigenvalue weighted by atomic mass is 16.7. The minimum Gasteiger partial charge on any atom is -0.394 e. The number of carbonyl (C=O) groups excluding carboxylic acids is 1. The zero-order valence-electron chi connectivity index (χ0n) is 60.7. The molecule has 0 bridgehead atoms.